The first-order chi connectivity index (χ1) is 9.68. The largest absolute Gasteiger partial charge is 0.493 e. The van der Waals surface area contributed by atoms with Crippen molar-refractivity contribution in [3.05, 3.63) is 29.8 Å². The van der Waals surface area contributed by atoms with Gasteiger partial charge in [0.25, 0.3) is 0 Å². The van der Waals surface area contributed by atoms with E-state index >= 15 is 0 Å². The number of carbonyl (C=O) groups excluding carboxylic acids is 1. The van der Waals surface area contributed by atoms with Gasteiger partial charge in [-0.1, -0.05) is 18.2 Å². The first-order valence-electron chi connectivity index (χ1n) is 6.93. The van der Waals surface area contributed by atoms with Crippen LogP contribution < -0.4 is 4.74 Å². The van der Waals surface area contributed by atoms with Crippen LogP contribution in [0.5, 0.6) is 5.75 Å². The SMILES string of the molecule is O=C(O)[C@@H]1CCCN1C(=O)[C@@H]1CCOc2ccccc21. The number of carboxylic acids is 1. The van der Waals surface area contributed by atoms with Crippen LogP contribution in [0.25, 0.3) is 0 Å². The summed E-state index contributed by atoms with van der Waals surface area (Å²) in [6, 6.07) is 6.84. The second-order valence-corrected chi connectivity index (χ2v) is 5.26. The first kappa shape index (κ1) is 13.0. The number of hydrogen-bond acceptors (Lipinski definition) is 3. The van der Waals surface area contributed by atoms with Gasteiger partial charge in [0.05, 0.1) is 12.5 Å². The van der Waals surface area contributed by atoms with Crippen LogP contribution in [0.1, 0.15) is 30.7 Å². The van der Waals surface area contributed by atoms with Gasteiger partial charge in [0.15, 0.2) is 0 Å². The van der Waals surface area contributed by atoms with E-state index < -0.39 is 12.0 Å². The zero-order valence-corrected chi connectivity index (χ0v) is 11.1. The van der Waals surface area contributed by atoms with Crippen LogP contribution in [0, 0.1) is 0 Å². The third-order valence-electron chi connectivity index (χ3n) is 4.08. The maximum Gasteiger partial charge on any atom is 0.326 e. The van der Waals surface area contributed by atoms with Crippen molar-refractivity contribution < 1.29 is 19.4 Å². The third kappa shape index (κ3) is 2.13. The summed E-state index contributed by atoms with van der Waals surface area (Å²) in [7, 11) is 0. The van der Waals surface area contributed by atoms with Crippen LogP contribution in [0.3, 0.4) is 0 Å². The molecule has 0 spiro atoms. The molecule has 1 amide bonds. The number of carboxylic acid groups (broad SMARTS) is 1. The molecule has 2 atom stereocenters. The maximum absolute atomic E-state index is 12.7. The van der Waals surface area contributed by atoms with E-state index in [0.29, 0.717) is 26.0 Å². The molecule has 0 bridgehead atoms. The summed E-state index contributed by atoms with van der Waals surface area (Å²) in [5.74, 6) is -0.523. The fraction of sp³-hybridized carbons (Fsp3) is 0.467. The number of rotatable bonds is 2. The Kier molecular flexibility index (Phi) is 3.34. The van der Waals surface area contributed by atoms with E-state index in [-0.39, 0.29) is 11.8 Å². The van der Waals surface area contributed by atoms with E-state index in [1.54, 1.807) is 0 Å². The minimum atomic E-state index is -0.906. The summed E-state index contributed by atoms with van der Waals surface area (Å²) in [5, 5.41) is 9.21. The summed E-state index contributed by atoms with van der Waals surface area (Å²) >= 11 is 0. The summed E-state index contributed by atoms with van der Waals surface area (Å²) in [4.78, 5) is 25.4. The van der Waals surface area contributed by atoms with Crippen LogP contribution >= 0.6 is 0 Å². The molecule has 5 nitrogen and oxygen atoms in total. The number of nitrogens with zero attached hydrogens (tertiary/aromatic N) is 1. The Bertz CT molecular complexity index is 542. The van der Waals surface area contributed by atoms with Gasteiger partial charge in [-0.25, -0.2) is 4.79 Å². The van der Waals surface area contributed by atoms with Crippen molar-refractivity contribution in [1.29, 1.82) is 0 Å². The number of benzene rings is 1. The van der Waals surface area contributed by atoms with Gasteiger partial charge in [-0.2, -0.15) is 0 Å². The molecular formula is C15H17NO4. The second kappa shape index (κ2) is 5.15. The molecule has 20 heavy (non-hydrogen) atoms. The molecule has 0 aromatic heterocycles. The lowest BCUT2D eigenvalue weighted by Gasteiger charge is -2.30. The van der Waals surface area contributed by atoms with E-state index in [1.165, 1.54) is 4.90 Å². The maximum atomic E-state index is 12.7. The summed E-state index contributed by atoms with van der Waals surface area (Å²) in [6.45, 7) is 1.04. The number of hydrogen-bond donors (Lipinski definition) is 1. The minimum absolute atomic E-state index is 0.0781. The topological polar surface area (TPSA) is 66.8 Å². The lowest BCUT2D eigenvalue weighted by molar-refractivity contribution is -0.149. The average Bonchev–Trinajstić information content (AvgIpc) is 2.95. The lowest BCUT2D eigenvalue weighted by atomic mass is 9.91. The first-order valence-corrected chi connectivity index (χ1v) is 6.93. The van der Waals surface area contributed by atoms with Gasteiger partial charge in [0.2, 0.25) is 5.91 Å². The van der Waals surface area contributed by atoms with Crippen molar-refractivity contribution in [1.82, 2.24) is 4.90 Å². The summed E-state index contributed by atoms with van der Waals surface area (Å²) < 4.78 is 5.55. The molecule has 1 N–H and O–H groups in total. The smallest absolute Gasteiger partial charge is 0.326 e. The minimum Gasteiger partial charge on any atom is -0.493 e. The molecule has 0 saturated carbocycles. The Morgan fingerprint density at radius 2 is 2.05 bits per heavy atom. The third-order valence-corrected chi connectivity index (χ3v) is 4.08. The molecule has 1 saturated heterocycles. The number of para-hydroxylation sites is 1. The van der Waals surface area contributed by atoms with Crippen molar-refractivity contribution in [3.63, 3.8) is 0 Å². The van der Waals surface area contributed by atoms with Crippen molar-refractivity contribution in [2.45, 2.75) is 31.2 Å². The fourth-order valence-corrected chi connectivity index (χ4v) is 3.09. The number of ether oxygens (including phenoxy) is 1. The van der Waals surface area contributed by atoms with Crippen LogP contribution in [-0.4, -0.2) is 41.1 Å². The van der Waals surface area contributed by atoms with Crippen molar-refractivity contribution in [2.75, 3.05) is 13.2 Å². The lowest BCUT2D eigenvalue weighted by Crippen LogP contribution is -2.43. The van der Waals surface area contributed by atoms with Gasteiger partial charge in [-0.3, -0.25) is 4.79 Å². The van der Waals surface area contributed by atoms with Crippen molar-refractivity contribution >= 4 is 11.9 Å². The Morgan fingerprint density at radius 3 is 2.85 bits per heavy atom. The van der Waals surface area contributed by atoms with Crippen LogP contribution in [0.2, 0.25) is 0 Å². The van der Waals surface area contributed by atoms with Crippen LogP contribution in [-0.2, 0) is 9.59 Å². The standard InChI is InChI=1S/C15H17NO4/c17-14(16-8-3-5-12(16)15(18)19)11-7-9-20-13-6-2-1-4-10(11)13/h1-2,4,6,11-12H,3,5,7-9H2,(H,18,19)/t11-,12+/m1/s1. The number of amides is 1. The van der Waals surface area contributed by atoms with E-state index in [1.807, 2.05) is 24.3 Å². The molecule has 0 radical (unpaired) electrons. The van der Waals surface area contributed by atoms with E-state index in [4.69, 9.17) is 4.74 Å². The number of aliphatic carboxylic acids is 1. The van der Waals surface area contributed by atoms with Crippen molar-refractivity contribution in [2.24, 2.45) is 0 Å². The molecule has 2 aliphatic heterocycles. The Hall–Kier alpha value is -2.04. The molecular weight excluding hydrogens is 258 g/mol. The predicted molar refractivity (Wildman–Crippen MR) is 71.7 cm³/mol. The van der Waals surface area contributed by atoms with Crippen molar-refractivity contribution in [3.8, 4) is 5.75 Å². The average molecular weight is 275 g/mol. The Balaban J connectivity index is 1.87. The molecule has 3 rings (SSSR count). The highest BCUT2D eigenvalue weighted by atomic mass is 16.5. The molecule has 2 aliphatic rings. The van der Waals surface area contributed by atoms with Gasteiger partial charge >= 0.3 is 5.97 Å². The Morgan fingerprint density at radius 1 is 1.25 bits per heavy atom. The van der Waals surface area contributed by atoms with Gasteiger partial charge in [0.1, 0.15) is 11.8 Å². The van der Waals surface area contributed by atoms with E-state index in [0.717, 1.165) is 17.7 Å². The molecule has 1 fully saturated rings. The molecule has 2 heterocycles. The molecule has 1 aromatic carbocycles. The number of likely N-dealkylation sites (tertiary alicyclic amines) is 1. The Labute approximate surface area is 117 Å². The van der Waals surface area contributed by atoms with E-state index in [9.17, 15) is 14.7 Å². The summed E-state index contributed by atoms with van der Waals surface area (Å²) in [5.41, 5.74) is 0.875. The molecule has 1 aromatic rings. The zero-order valence-electron chi connectivity index (χ0n) is 11.1. The van der Waals surface area contributed by atoms with Gasteiger partial charge in [0, 0.05) is 12.1 Å². The molecule has 0 unspecified atom stereocenters. The molecule has 106 valence electrons. The highest BCUT2D eigenvalue weighted by Gasteiger charge is 2.39. The van der Waals surface area contributed by atoms with Gasteiger partial charge in [-0.15, -0.1) is 0 Å². The predicted octanol–water partition coefficient (Wildman–Crippen LogP) is 1.63. The molecule has 5 heteroatoms. The number of fused-ring (bicyclic) bond motifs is 1. The normalized spacial score (nSPS) is 24.9. The molecule has 0 aliphatic carbocycles. The monoisotopic (exact) mass is 275 g/mol. The highest BCUT2D eigenvalue weighted by Crippen LogP contribution is 2.36. The van der Waals surface area contributed by atoms with Gasteiger partial charge < -0.3 is 14.7 Å². The van der Waals surface area contributed by atoms with Crippen LogP contribution in [0.4, 0.5) is 0 Å². The highest BCUT2D eigenvalue weighted by molar-refractivity contribution is 5.89. The van der Waals surface area contributed by atoms with E-state index in [2.05, 4.69) is 0 Å². The van der Waals surface area contributed by atoms with Gasteiger partial charge in [-0.05, 0) is 25.3 Å². The quantitative estimate of drug-likeness (QED) is 0.890. The van der Waals surface area contributed by atoms with Crippen LogP contribution in [0.15, 0.2) is 24.3 Å². The summed E-state index contributed by atoms with van der Waals surface area (Å²) in [6.07, 6.45) is 1.91. The fourth-order valence-electron chi connectivity index (χ4n) is 3.09. The zero-order chi connectivity index (χ0) is 14.1. The number of carbonyl (C=O) groups is 2. The second-order valence-electron chi connectivity index (χ2n) is 5.26.